The molecule has 1 amide bonds. The van der Waals surface area contributed by atoms with Gasteiger partial charge >= 0.3 is 0 Å². The van der Waals surface area contributed by atoms with Crippen molar-refractivity contribution >= 4 is 16.7 Å². The summed E-state index contributed by atoms with van der Waals surface area (Å²) in [4.78, 5) is 12.2. The first-order valence-corrected chi connectivity index (χ1v) is 10.5. The van der Waals surface area contributed by atoms with Crippen molar-refractivity contribution < 1.29 is 4.79 Å². The Kier molecular flexibility index (Phi) is 9.86. The number of benzene rings is 2. The topological polar surface area (TPSA) is 29.1 Å². The van der Waals surface area contributed by atoms with E-state index in [4.69, 9.17) is 0 Å². The summed E-state index contributed by atoms with van der Waals surface area (Å²) >= 11 is 0. The van der Waals surface area contributed by atoms with Crippen LogP contribution in [0.2, 0.25) is 0 Å². The van der Waals surface area contributed by atoms with E-state index in [9.17, 15) is 4.79 Å². The fraction of sp³-hybridized carbons (Fsp3) is 0.542. The van der Waals surface area contributed by atoms with E-state index in [1.807, 2.05) is 18.2 Å². The molecule has 1 N–H and O–H groups in total. The Morgan fingerprint density at radius 1 is 0.769 bits per heavy atom. The van der Waals surface area contributed by atoms with Crippen LogP contribution in [0.4, 0.5) is 0 Å². The Labute approximate surface area is 159 Å². The average molecular weight is 354 g/mol. The van der Waals surface area contributed by atoms with Crippen LogP contribution < -0.4 is 5.32 Å². The van der Waals surface area contributed by atoms with E-state index < -0.39 is 0 Å². The van der Waals surface area contributed by atoms with Crippen molar-refractivity contribution in [3.05, 3.63) is 48.0 Å². The van der Waals surface area contributed by atoms with Gasteiger partial charge in [-0.3, -0.25) is 4.79 Å². The molecule has 2 aromatic carbocycles. The normalized spacial score (nSPS) is 11.0. The molecule has 0 atom stereocenters. The summed E-state index contributed by atoms with van der Waals surface area (Å²) in [5, 5.41) is 5.47. The van der Waals surface area contributed by atoms with Gasteiger partial charge in [-0.05, 0) is 22.8 Å². The third kappa shape index (κ3) is 7.59. The minimum atomic E-state index is 0.136. The average Bonchev–Trinajstić information content (AvgIpc) is 2.66. The predicted molar refractivity (Wildman–Crippen MR) is 113 cm³/mol. The van der Waals surface area contributed by atoms with Gasteiger partial charge in [-0.25, -0.2) is 0 Å². The van der Waals surface area contributed by atoms with Gasteiger partial charge in [-0.1, -0.05) is 107 Å². The summed E-state index contributed by atoms with van der Waals surface area (Å²) in [6.07, 6.45) is 13.7. The highest BCUT2D eigenvalue weighted by Crippen LogP contribution is 2.18. The van der Waals surface area contributed by atoms with Crippen LogP contribution in [0, 0.1) is 0 Å². The van der Waals surface area contributed by atoms with Crippen LogP contribution in [0.15, 0.2) is 42.5 Å². The molecule has 26 heavy (non-hydrogen) atoms. The van der Waals surface area contributed by atoms with Crippen LogP contribution in [0.5, 0.6) is 0 Å². The maximum absolute atomic E-state index is 12.2. The highest BCUT2D eigenvalue weighted by molar-refractivity contribution is 5.90. The van der Waals surface area contributed by atoms with Gasteiger partial charge in [-0.15, -0.1) is 0 Å². The Hall–Kier alpha value is -1.83. The second-order valence-corrected chi connectivity index (χ2v) is 7.35. The van der Waals surface area contributed by atoms with Gasteiger partial charge in [0.15, 0.2) is 0 Å². The number of rotatable bonds is 13. The smallest absolute Gasteiger partial charge is 0.224 e. The number of carbonyl (C=O) groups excluding carboxylic acids is 1. The second-order valence-electron chi connectivity index (χ2n) is 7.35. The Morgan fingerprint density at radius 3 is 2.12 bits per heavy atom. The lowest BCUT2D eigenvalue weighted by Crippen LogP contribution is -2.26. The number of unbranched alkanes of at least 4 members (excludes halogenated alkanes) is 9. The first-order chi connectivity index (χ1) is 12.8. The highest BCUT2D eigenvalue weighted by Gasteiger charge is 2.06. The van der Waals surface area contributed by atoms with E-state index in [1.165, 1.54) is 68.6 Å². The van der Waals surface area contributed by atoms with Gasteiger partial charge in [-0.2, -0.15) is 0 Å². The van der Waals surface area contributed by atoms with E-state index in [0.29, 0.717) is 6.42 Å². The summed E-state index contributed by atoms with van der Waals surface area (Å²) < 4.78 is 0. The largest absolute Gasteiger partial charge is 0.356 e. The SMILES string of the molecule is CCCCCCCCCCCCNC(=O)Cc1cccc2ccccc12. The molecule has 2 aromatic rings. The lowest BCUT2D eigenvalue weighted by atomic mass is 10.0. The van der Waals surface area contributed by atoms with Crippen LogP contribution in [-0.4, -0.2) is 12.5 Å². The van der Waals surface area contributed by atoms with Gasteiger partial charge in [0.05, 0.1) is 6.42 Å². The van der Waals surface area contributed by atoms with Gasteiger partial charge in [0.2, 0.25) is 5.91 Å². The lowest BCUT2D eigenvalue weighted by Gasteiger charge is -2.08. The summed E-state index contributed by atoms with van der Waals surface area (Å²) in [5.41, 5.74) is 1.11. The first kappa shape index (κ1) is 20.5. The molecule has 0 heterocycles. The molecular weight excluding hydrogens is 318 g/mol. The molecule has 142 valence electrons. The molecule has 0 fully saturated rings. The molecular formula is C24H35NO. The summed E-state index contributed by atoms with van der Waals surface area (Å²) in [5.74, 6) is 0.136. The number of fused-ring (bicyclic) bond motifs is 1. The minimum Gasteiger partial charge on any atom is -0.356 e. The molecule has 0 saturated carbocycles. The number of hydrogen-bond donors (Lipinski definition) is 1. The van der Waals surface area contributed by atoms with Crippen molar-refractivity contribution in [3.8, 4) is 0 Å². The maximum Gasteiger partial charge on any atom is 0.224 e. The number of nitrogens with one attached hydrogen (secondary N) is 1. The van der Waals surface area contributed by atoms with Crippen LogP contribution in [0.3, 0.4) is 0 Å². The standard InChI is InChI=1S/C24H35NO/c1-2-3-4-5-6-7-8-9-10-13-19-25-24(26)20-22-17-14-16-21-15-11-12-18-23(21)22/h11-12,14-18H,2-10,13,19-20H2,1H3,(H,25,26). The predicted octanol–water partition coefficient (Wildman–Crippen LogP) is 6.42. The van der Waals surface area contributed by atoms with Crippen molar-refractivity contribution in [1.82, 2.24) is 5.32 Å². The molecule has 0 unspecified atom stereocenters. The molecule has 2 rings (SSSR count). The zero-order valence-corrected chi connectivity index (χ0v) is 16.4. The van der Waals surface area contributed by atoms with Crippen LogP contribution in [0.25, 0.3) is 10.8 Å². The number of carbonyl (C=O) groups is 1. The minimum absolute atomic E-state index is 0.136. The summed E-state index contributed by atoms with van der Waals surface area (Å²) in [6.45, 7) is 3.07. The second kappa shape index (κ2) is 12.5. The Morgan fingerprint density at radius 2 is 1.38 bits per heavy atom. The zero-order chi connectivity index (χ0) is 18.5. The molecule has 2 heteroatoms. The Bertz CT molecular complexity index is 644. The molecule has 0 spiro atoms. The monoisotopic (exact) mass is 353 g/mol. The van der Waals surface area contributed by atoms with Crippen LogP contribution in [-0.2, 0) is 11.2 Å². The van der Waals surface area contributed by atoms with Gasteiger partial charge in [0.1, 0.15) is 0 Å². The van der Waals surface area contributed by atoms with E-state index >= 15 is 0 Å². The summed E-state index contributed by atoms with van der Waals surface area (Å²) in [7, 11) is 0. The number of hydrogen-bond acceptors (Lipinski definition) is 1. The quantitative estimate of drug-likeness (QED) is 0.414. The van der Waals surface area contributed by atoms with E-state index in [2.05, 4.69) is 36.5 Å². The van der Waals surface area contributed by atoms with Gasteiger partial charge in [0.25, 0.3) is 0 Å². The highest BCUT2D eigenvalue weighted by atomic mass is 16.1. The van der Waals surface area contributed by atoms with Crippen molar-refractivity contribution in [2.45, 2.75) is 77.6 Å². The van der Waals surface area contributed by atoms with Crippen molar-refractivity contribution in [2.24, 2.45) is 0 Å². The number of amides is 1. The molecule has 0 aliphatic heterocycles. The van der Waals surface area contributed by atoms with Gasteiger partial charge in [0, 0.05) is 6.54 Å². The molecule has 0 aromatic heterocycles. The maximum atomic E-state index is 12.2. The van der Waals surface area contributed by atoms with E-state index in [0.717, 1.165) is 18.5 Å². The third-order valence-electron chi connectivity index (χ3n) is 5.08. The molecule has 0 saturated heterocycles. The molecule has 0 bridgehead atoms. The van der Waals surface area contributed by atoms with E-state index in [1.54, 1.807) is 0 Å². The zero-order valence-electron chi connectivity index (χ0n) is 16.4. The van der Waals surface area contributed by atoms with Crippen LogP contribution in [0.1, 0.15) is 76.7 Å². The summed E-state index contributed by atoms with van der Waals surface area (Å²) in [6, 6.07) is 14.5. The van der Waals surface area contributed by atoms with E-state index in [-0.39, 0.29) is 5.91 Å². The fourth-order valence-corrected chi connectivity index (χ4v) is 3.52. The molecule has 0 aliphatic rings. The first-order valence-electron chi connectivity index (χ1n) is 10.5. The Balaban J connectivity index is 1.54. The third-order valence-corrected chi connectivity index (χ3v) is 5.08. The van der Waals surface area contributed by atoms with Gasteiger partial charge < -0.3 is 5.32 Å². The van der Waals surface area contributed by atoms with Crippen LogP contribution >= 0.6 is 0 Å². The van der Waals surface area contributed by atoms with Crippen molar-refractivity contribution in [3.63, 3.8) is 0 Å². The van der Waals surface area contributed by atoms with Crippen molar-refractivity contribution in [1.29, 1.82) is 0 Å². The molecule has 0 radical (unpaired) electrons. The fourth-order valence-electron chi connectivity index (χ4n) is 3.52. The van der Waals surface area contributed by atoms with Crippen molar-refractivity contribution in [2.75, 3.05) is 6.54 Å². The molecule has 0 aliphatic carbocycles. The lowest BCUT2D eigenvalue weighted by molar-refractivity contribution is -0.120. The molecule has 2 nitrogen and oxygen atoms in total.